The first kappa shape index (κ1) is 13.0. The molecule has 0 bridgehead atoms. The zero-order valence-electron chi connectivity index (χ0n) is 10.6. The van der Waals surface area contributed by atoms with Crippen LogP contribution in [0.5, 0.6) is 0 Å². The minimum Gasteiger partial charge on any atom is -0.399 e. The van der Waals surface area contributed by atoms with Crippen LogP contribution < -0.4 is 5.73 Å². The maximum Gasteiger partial charge on any atom is 0.154 e. The summed E-state index contributed by atoms with van der Waals surface area (Å²) in [6.07, 6.45) is 1.90. The second kappa shape index (κ2) is 4.65. The van der Waals surface area contributed by atoms with Crippen LogP contribution in [-0.2, 0) is 16.4 Å². The Morgan fingerprint density at radius 2 is 2.00 bits per heavy atom. The number of hydrogen-bond acceptors (Lipinski definition) is 3. The van der Waals surface area contributed by atoms with Crippen molar-refractivity contribution in [3.05, 3.63) is 30.5 Å². The fourth-order valence-corrected chi connectivity index (χ4v) is 2.78. The Hall–Kier alpha value is -1.49. The van der Waals surface area contributed by atoms with E-state index < -0.39 is 9.84 Å². The largest absolute Gasteiger partial charge is 0.399 e. The summed E-state index contributed by atoms with van der Waals surface area (Å²) in [5.74, 6) is 0.156. The van der Waals surface area contributed by atoms with Crippen molar-refractivity contribution in [1.82, 2.24) is 4.57 Å². The van der Waals surface area contributed by atoms with E-state index in [1.54, 1.807) is 13.8 Å². The number of rotatable bonds is 4. The van der Waals surface area contributed by atoms with E-state index in [4.69, 9.17) is 5.73 Å². The lowest BCUT2D eigenvalue weighted by Crippen LogP contribution is -2.20. The fourth-order valence-electron chi connectivity index (χ4n) is 1.86. The molecule has 0 amide bonds. The topological polar surface area (TPSA) is 65.1 Å². The molecule has 2 aromatic rings. The third-order valence-corrected chi connectivity index (χ3v) is 5.32. The number of anilines is 1. The molecule has 0 fully saturated rings. The lowest BCUT2D eigenvalue weighted by atomic mass is 10.2. The highest BCUT2D eigenvalue weighted by Gasteiger charge is 2.16. The van der Waals surface area contributed by atoms with Gasteiger partial charge >= 0.3 is 0 Å². The van der Waals surface area contributed by atoms with Crippen LogP contribution in [0.4, 0.5) is 5.69 Å². The molecular weight excluding hydrogens is 248 g/mol. The fraction of sp³-hybridized carbons (Fsp3) is 0.385. The normalized spacial score (nSPS) is 12.4. The molecule has 1 heterocycles. The van der Waals surface area contributed by atoms with Crippen molar-refractivity contribution in [1.29, 1.82) is 0 Å². The Balaban J connectivity index is 2.25. The minimum atomic E-state index is -3.01. The number of nitrogens with zero attached hydrogens (tertiary/aromatic N) is 1. The summed E-state index contributed by atoms with van der Waals surface area (Å²) in [5, 5.41) is 0.746. The van der Waals surface area contributed by atoms with Gasteiger partial charge in [-0.2, -0.15) is 0 Å². The molecule has 18 heavy (non-hydrogen) atoms. The number of benzene rings is 1. The molecule has 0 spiro atoms. The van der Waals surface area contributed by atoms with Crippen molar-refractivity contribution in [3.63, 3.8) is 0 Å². The summed E-state index contributed by atoms with van der Waals surface area (Å²) in [5.41, 5.74) is 7.42. The van der Waals surface area contributed by atoms with Crippen LogP contribution in [0.2, 0.25) is 0 Å². The molecule has 98 valence electrons. The molecule has 0 radical (unpaired) electrons. The van der Waals surface area contributed by atoms with Crippen molar-refractivity contribution >= 4 is 26.4 Å². The predicted octanol–water partition coefficient (Wildman–Crippen LogP) is 2.05. The molecule has 0 atom stereocenters. The Kier molecular flexibility index (Phi) is 3.34. The summed E-state index contributed by atoms with van der Waals surface area (Å²) in [6.45, 7) is 3.88. The van der Waals surface area contributed by atoms with Gasteiger partial charge in [0.1, 0.15) is 0 Å². The summed E-state index contributed by atoms with van der Waals surface area (Å²) in [7, 11) is -3.01. The summed E-state index contributed by atoms with van der Waals surface area (Å²) < 4.78 is 25.5. The lowest BCUT2D eigenvalue weighted by Gasteiger charge is -2.09. The minimum absolute atomic E-state index is 0.156. The number of aromatic nitrogens is 1. The Morgan fingerprint density at radius 3 is 2.67 bits per heavy atom. The molecule has 0 aliphatic rings. The third-order valence-electron chi connectivity index (χ3n) is 3.13. The monoisotopic (exact) mass is 266 g/mol. The smallest absolute Gasteiger partial charge is 0.154 e. The molecule has 0 saturated carbocycles. The molecule has 0 saturated heterocycles. The van der Waals surface area contributed by atoms with E-state index in [-0.39, 0.29) is 11.0 Å². The Morgan fingerprint density at radius 1 is 1.28 bits per heavy atom. The zero-order valence-corrected chi connectivity index (χ0v) is 11.4. The number of fused-ring (bicyclic) bond motifs is 1. The maximum atomic E-state index is 11.8. The zero-order chi connectivity index (χ0) is 13.3. The van der Waals surface area contributed by atoms with E-state index in [1.165, 1.54) is 0 Å². The van der Waals surface area contributed by atoms with Gasteiger partial charge in [-0.3, -0.25) is 0 Å². The molecule has 5 heteroatoms. The van der Waals surface area contributed by atoms with Gasteiger partial charge in [0.2, 0.25) is 0 Å². The van der Waals surface area contributed by atoms with Crippen molar-refractivity contribution in [3.8, 4) is 0 Å². The van der Waals surface area contributed by atoms with E-state index in [0.29, 0.717) is 12.2 Å². The molecule has 0 aliphatic heterocycles. The van der Waals surface area contributed by atoms with Crippen LogP contribution in [0, 0.1) is 0 Å². The van der Waals surface area contributed by atoms with Crippen molar-refractivity contribution < 1.29 is 8.42 Å². The average Bonchev–Trinajstić information content (AvgIpc) is 2.68. The van der Waals surface area contributed by atoms with Crippen LogP contribution in [0.1, 0.15) is 13.8 Å². The summed E-state index contributed by atoms with van der Waals surface area (Å²) in [6, 6.07) is 7.63. The molecule has 4 nitrogen and oxygen atoms in total. The number of sulfone groups is 1. The quantitative estimate of drug-likeness (QED) is 0.861. The first-order chi connectivity index (χ1) is 8.40. The maximum absolute atomic E-state index is 11.8. The second-order valence-electron chi connectivity index (χ2n) is 4.74. The second-order valence-corrected chi connectivity index (χ2v) is 7.42. The van der Waals surface area contributed by atoms with Crippen LogP contribution >= 0.6 is 0 Å². The van der Waals surface area contributed by atoms with Crippen LogP contribution in [0.25, 0.3) is 10.9 Å². The van der Waals surface area contributed by atoms with Gasteiger partial charge in [-0.25, -0.2) is 8.42 Å². The molecule has 2 rings (SSSR count). The van der Waals surface area contributed by atoms with Gasteiger partial charge in [-0.1, -0.05) is 6.07 Å². The van der Waals surface area contributed by atoms with Gasteiger partial charge in [0.05, 0.1) is 16.5 Å². The van der Waals surface area contributed by atoms with Crippen LogP contribution in [-0.4, -0.2) is 24.0 Å². The first-order valence-corrected chi connectivity index (χ1v) is 7.67. The van der Waals surface area contributed by atoms with E-state index in [1.807, 2.05) is 35.0 Å². The highest BCUT2D eigenvalue weighted by atomic mass is 32.2. The van der Waals surface area contributed by atoms with Gasteiger partial charge in [0.15, 0.2) is 9.84 Å². The number of nitrogens with two attached hydrogens (primary N) is 1. The number of aryl methyl sites for hydroxylation is 1. The van der Waals surface area contributed by atoms with E-state index >= 15 is 0 Å². The van der Waals surface area contributed by atoms with Gasteiger partial charge < -0.3 is 10.3 Å². The number of nitrogen functional groups attached to an aromatic ring is 1. The standard InChI is InChI=1S/C13H18N2O2S/c1-10(2)18(16,17)8-7-15-6-5-11-3-4-12(14)9-13(11)15/h3-6,9-10H,7-8,14H2,1-2H3. The third kappa shape index (κ3) is 2.51. The van der Waals surface area contributed by atoms with E-state index in [0.717, 1.165) is 10.9 Å². The average molecular weight is 266 g/mol. The molecule has 2 N–H and O–H groups in total. The highest BCUT2D eigenvalue weighted by Crippen LogP contribution is 2.19. The molecule has 1 aromatic heterocycles. The van der Waals surface area contributed by atoms with Crippen molar-refractivity contribution in [2.24, 2.45) is 0 Å². The Bertz CT molecular complexity index is 657. The van der Waals surface area contributed by atoms with Gasteiger partial charge in [-0.05, 0) is 37.4 Å². The van der Waals surface area contributed by atoms with Gasteiger partial charge in [0, 0.05) is 18.4 Å². The first-order valence-electron chi connectivity index (χ1n) is 5.96. The lowest BCUT2D eigenvalue weighted by molar-refractivity contribution is 0.581. The van der Waals surface area contributed by atoms with Crippen LogP contribution in [0.3, 0.4) is 0 Å². The van der Waals surface area contributed by atoms with Crippen LogP contribution in [0.15, 0.2) is 30.5 Å². The van der Waals surface area contributed by atoms with E-state index in [9.17, 15) is 8.42 Å². The molecular formula is C13H18N2O2S. The molecule has 0 aliphatic carbocycles. The number of hydrogen-bond donors (Lipinski definition) is 1. The van der Waals surface area contributed by atoms with Crippen molar-refractivity contribution in [2.75, 3.05) is 11.5 Å². The van der Waals surface area contributed by atoms with Gasteiger partial charge in [-0.15, -0.1) is 0 Å². The van der Waals surface area contributed by atoms with Gasteiger partial charge in [0.25, 0.3) is 0 Å². The molecule has 0 unspecified atom stereocenters. The molecule has 1 aromatic carbocycles. The summed E-state index contributed by atoms with van der Waals surface area (Å²) in [4.78, 5) is 0. The van der Waals surface area contributed by atoms with Crippen molar-refractivity contribution in [2.45, 2.75) is 25.6 Å². The highest BCUT2D eigenvalue weighted by molar-refractivity contribution is 7.91. The predicted molar refractivity (Wildman–Crippen MR) is 75.3 cm³/mol. The van der Waals surface area contributed by atoms with E-state index in [2.05, 4.69) is 0 Å². The summed E-state index contributed by atoms with van der Waals surface area (Å²) >= 11 is 0. The Labute approximate surface area is 107 Å². The SMILES string of the molecule is CC(C)S(=O)(=O)CCn1ccc2ccc(N)cc21.